The van der Waals surface area contributed by atoms with Crippen LogP contribution in [-0.2, 0) is 9.53 Å². The number of ether oxygens (including phenoxy) is 1. The van der Waals surface area contributed by atoms with Gasteiger partial charge in [-0.3, -0.25) is 9.69 Å². The van der Waals surface area contributed by atoms with Gasteiger partial charge in [0, 0.05) is 38.3 Å². The number of aromatic nitrogens is 2. The first kappa shape index (κ1) is 19.1. The third kappa shape index (κ3) is 3.69. The average molecular weight is 384 g/mol. The molecule has 0 radical (unpaired) electrons. The van der Waals surface area contributed by atoms with E-state index in [2.05, 4.69) is 28.9 Å². The van der Waals surface area contributed by atoms with Gasteiger partial charge < -0.3 is 14.2 Å². The van der Waals surface area contributed by atoms with E-state index in [1.54, 1.807) is 0 Å². The van der Waals surface area contributed by atoms with Crippen molar-refractivity contribution in [3.63, 3.8) is 0 Å². The van der Waals surface area contributed by atoms with Crippen LogP contribution in [0.25, 0.3) is 11.4 Å². The Morgan fingerprint density at radius 3 is 2.54 bits per heavy atom. The second kappa shape index (κ2) is 7.64. The molecule has 0 aliphatic carbocycles. The molecule has 2 aliphatic rings. The van der Waals surface area contributed by atoms with Crippen LogP contribution >= 0.6 is 0 Å². The fourth-order valence-electron chi connectivity index (χ4n) is 3.98. The summed E-state index contributed by atoms with van der Waals surface area (Å²) < 4.78 is 11.2. The average Bonchev–Trinajstić information content (AvgIpc) is 3.38. The monoisotopic (exact) mass is 384 g/mol. The third-order valence-electron chi connectivity index (χ3n) is 5.93. The summed E-state index contributed by atoms with van der Waals surface area (Å²) in [6.45, 7) is 9.68. The fourth-order valence-corrected chi connectivity index (χ4v) is 3.98. The predicted octanol–water partition coefficient (Wildman–Crippen LogP) is 2.82. The van der Waals surface area contributed by atoms with Gasteiger partial charge in [-0.25, -0.2) is 0 Å². The van der Waals surface area contributed by atoms with Crippen molar-refractivity contribution in [3.8, 4) is 11.4 Å². The lowest BCUT2D eigenvalue weighted by molar-refractivity contribution is -0.153. The maximum Gasteiger partial charge on any atom is 0.254 e. The summed E-state index contributed by atoms with van der Waals surface area (Å²) in [5, 5.41) is 4.14. The number of amides is 1. The Hall–Kier alpha value is -2.25. The molecule has 2 aromatic rings. The number of rotatable bonds is 4. The van der Waals surface area contributed by atoms with E-state index in [0.29, 0.717) is 31.4 Å². The molecule has 7 heteroatoms. The zero-order chi connectivity index (χ0) is 19.7. The van der Waals surface area contributed by atoms with E-state index in [1.165, 1.54) is 5.56 Å². The molecule has 4 rings (SSSR count). The molecule has 0 saturated carbocycles. The highest BCUT2D eigenvalue weighted by Gasteiger charge is 2.41. The summed E-state index contributed by atoms with van der Waals surface area (Å²) in [6.07, 6.45) is 1.77. The van der Waals surface area contributed by atoms with Crippen LogP contribution in [0.2, 0.25) is 0 Å². The molecule has 0 bridgehead atoms. The van der Waals surface area contributed by atoms with Crippen molar-refractivity contribution in [2.75, 3.05) is 32.8 Å². The molecule has 3 heterocycles. The molecule has 2 atom stereocenters. The van der Waals surface area contributed by atoms with E-state index in [9.17, 15) is 4.79 Å². The van der Waals surface area contributed by atoms with E-state index in [1.807, 2.05) is 36.1 Å². The molecule has 28 heavy (non-hydrogen) atoms. The maximum atomic E-state index is 12.8. The van der Waals surface area contributed by atoms with E-state index in [0.717, 1.165) is 31.5 Å². The third-order valence-corrected chi connectivity index (χ3v) is 5.93. The lowest BCUT2D eigenvalue weighted by Crippen LogP contribution is -2.55. The minimum absolute atomic E-state index is 0.0160. The Bertz CT molecular complexity index is 818. The van der Waals surface area contributed by atoms with Crippen molar-refractivity contribution < 1.29 is 14.1 Å². The summed E-state index contributed by atoms with van der Waals surface area (Å²) in [4.78, 5) is 21.6. The molecule has 2 fully saturated rings. The predicted molar refractivity (Wildman–Crippen MR) is 105 cm³/mol. The summed E-state index contributed by atoms with van der Waals surface area (Å²) in [7, 11) is 0. The second-order valence-electron chi connectivity index (χ2n) is 8.01. The highest BCUT2D eigenvalue weighted by atomic mass is 16.5. The molecule has 0 unspecified atom stereocenters. The molecular formula is C21H28N4O3. The lowest BCUT2D eigenvalue weighted by Gasteiger charge is -2.39. The molecule has 1 amide bonds. The number of benzene rings is 1. The molecule has 2 aliphatic heterocycles. The molecular weight excluding hydrogens is 356 g/mol. The number of hydrogen-bond donors (Lipinski definition) is 0. The molecule has 150 valence electrons. The van der Waals surface area contributed by atoms with Gasteiger partial charge in [-0.15, -0.1) is 0 Å². The SMILES string of the molecule is Cc1ccc(-c2noc([C@@H](C)N3CCN(C(=O)[C@]4(C)CCCO4)CC3)n2)cc1. The Morgan fingerprint density at radius 2 is 1.89 bits per heavy atom. The number of piperazine rings is 1. The quantitative estimate of drug-likeness (QED) is 0.807. The molecule has 7 nitrogen and oxygen atoms in total. The van der Waals surface area contributed by atoms with Crippen LogP contribution in [0.1, 0.15) is 44.2 Å². The van der Waals surface area contributed by atoms with Crippen LogP contribution in [0.5, 0.6) is 0 Å². The van der Waals surface area contributed by atoms with E-state index >= 15 is 0 Å². The zero-order valence-electron chi connectivity index (χ0n) is 16.9. The van der Waals surface area contributed by atoms with Gasteiger partial charge in [-0.2, -0.15) is 4.98 Å². The molecule has 0 N–H and O–H groups in total. The molecule has 0 spiro atoms. The highest BCUT2D eigenvalue weighted by molar-refractivity contribution is 5.85. The first-order chi connectivity index (χ1) is 13.5. The first-order valence-corrected chi connectivity index (χ1v) is 10.0. The topological polar surface area (TPSA) is 71.7 Å². The lowest BCUT2D eigenvalue weighted by atomic mass is 10.0. The van der Waals surface area contributed by atoms with Crippen LogP contribution in [0, 0.1) is 6.92 Å². The number of aryl methyl sites for hydroxylation is 1. The van der Waals surface area contributed by atoms with E-state index in [4.69, 9.17) is 9.26 Å². The van der Waals surface area contributed by atoms with E-state index in [-0.39, 0.29) is 11.9 Å². The van der Waals surface area contributed by atoms with Crippen LogP contribution in [0.15, 0.2) is 28.8 Å². The van der Waals surface area contributed by atoms with Gasteiger partial charge in [-0.05, 0) is 33.6 Å². The Balaban J connectivity index is 1.37. The van der Waals surface area contributed by atoms with Crippen LogP contribution < -0.4 is 0 Å². The van der Waals surface area contributed by atoms with Crippen LogP contribution in [0.3, 0.4) is 0 Å². The Kier molecular flexibility index (Phi) is 5.21. The largest absolute Gasteiger partial charge is 0.365 e. The standard InChI is InChI=1S/C21H28N4O3/c1-15-5-7-17(8-6-15)18-22-19(28-23-18)16(2)24-10-12-25(13-11-24)20(26)21(3)9-4-14-27-21/h5-8,16H,4,9-14H2,1-3H3/t16-,21+/m1/s1. The Labute approximate surface area is 165 Å². The van der Waals surface area contributed by atoms with Crippen molar-refractivity contribution in [3.05, 3.63) is 35.7 Å². The van der Waals surface area contributed by atoms with Crippen molar-refractivity contribution >= 4 is 5.91 Å². The molecule has 1 aromatic carbocycles. The smallest absolute Gasteiger partial charge is 0.254 e. The van der Waals surface area contributed by atoms with Crippen molar-refractivity contribution in [1.29, 1.82) is 0 Å². The molecule has 1 aromatic heterocycles. The maximum absolute atomic E-state index is 12.8. The van der Waals surface area contributed by atoms with Crippen molar-refractivity contribution in [1.82, 2.24) is 19.9 Å². The van der Waals surface area contributed by atoms with Gasteiger partial charge >= 0.3 is 0 Å². The minimum Gasteiger partial charge on any atom is -0.365 e. The summed E-state index contributed by atoms with van der Waals surface area (Å²) in [5.41, 5.74) is 1.52. The van der Waals surface area contributed by atoms with Gasteiger partial charge in [0.15, 0.2) is 0 Å². The normalized spacial score (nSPS) is 24.5. The van der Waals surface area contributed by atoms with Gasteiger partial charge in [0.25, 0.3) is 5.91 Å². The zero-order valence-corrected chi connectivity index (χ0v) is 16.9. The minimum atomic E-state index is -0.636. The van der Waals surface area contributed by atoms with Gasteiger partial charge in [-0.1, -0.05) is 35.0 Å². The second-order valence-corrected chi connectivity index (χ2v) is 8.01. The van der Waals surface area contributed by atoms with Gasteiger partial charge in [0.2, 0.25) is 11.7 Å². The first-order valence-electron chi connectivity index (χ1n) is 10.0. The van der Waals surface area contributed by atoms with Gasteiger partial charge in [0.1, 0.15) is 5.60 Å². The number of carbonyl (C=O) groups excluding carboxylic acids is 1. The summed E-state index contributed by atoms with van der Waals surface area (Å²) in [6, 6.07) is 8.11. The van der Waals surface area contributed by atoms with Crippen LogP contribution in [-0.4, -0.2) is 64.2 Å². The number of carbonyl (C=O) groups is 1. The van der Waals surface area contributed by atoms with Crippen molar-refractivity contribution in [2.45, 2.75) is 45.3 Å². The van der Waals surface area contributed by atoms with Crippen molar-refractivity contribution in [2.24, 2.45) is 0 Å². The number of hydrogen-bond acceptors (Lipinski definition) is 6. The van der Waals surface area contributed by atoms with Gasteiger partial charge in [0.05, 0.1) is 6.04 Å². The number of nitrogens with zero attached hydrogens (tertiary/aromatic N) is 4. The van der Waals surface area contributed by atoms with E-state index < -0.39 is 5.60 Å². The fraction of sp³-hybridized carbons (Fsp3) is 0.571. The Morgan fingerprint density at radius 1 is 1.18 bits per heavy atom. The summed E-state index contributed by atoms with van der Waals surface area (Å²) in [5.74, 6) is 1.35. The van der Waals surface area contributed by atoms with Crippen LogP contribution in [0.4, 0.5) is 0 Å². The highest BCUT2D eigenvalue weighted by Crippen LogP contribution is 2.29. The molecule has 2 saturated heterocycles. The summed E-state index contributed by atoms with van der Waals surface area (Å²) >= 11 is 0.